The Morgan fingerprint density at radius 2 is 1.64 bits per heavy atom. The van der Waals surface area contributed by atoms with Crippen molar-refractivity contribution < 1.29 is 38.2 Å². The molecule has 1 aliphatic carbocycles. The zero-order chi connectivity index (χ0) is 40.2. The van der Waals surface area contributed by atoms with E-state index >= 15 is 0 Å². The zero-order valence-corrected chi connectivity index (χ0v) is 32.3. The van der Waals surface area contributed by atoms with Crippen LogP contribution in [0.3, 0.4) is 0 Å². The fraction of sp³-hybridized carbons (Fsp3) is 0.429. The maximum absolute atomic E-state index is 13.8. The highest BCUT2D eigenvalue weighted by Crippen LogP contribution is 2.39. The molecule has 0 spiro atoms. The van der Waals surface area contributed by atoms with E-state index in [0.29, 0.717) is 34.8 Å². The SMILES string of the molecule is CC(C)Oc1cc2c(cc1NC(=O)c1cnn3cccnc13)CN(C1CCC(OC3CCN(c4ccc5c(c4)C(=O)N(C4CCC(=O)NC4=O)C5=O)CC3)CC1)C2=O. The molecular formula is C42H44N8O8. The third-order valence-corrected chi connectivity index (χ3v) is 11.9. The van der Waals surface area contributed by atoms with Gasteiger partial charge in [-0.3, -0.25) is 39.0 Å². The van der Waals surface area contributed by atoms with Crippen LogP contribution in [0.5, 0.6) is 5.75 Å². The van der Waals surface area contributed by atoms with Crippen LogP contribution in [0.1, 0.15) is 112 Å². The number of aromatic nitrogens is 3. The number of ether oxygens (including phenoxy) is 2. The highest BCUT2D eigenvalue weighted by molar-refractivity contribution is 6.23. The summed E-state index contributed by atoms with van der Waals surface area (Å²) in [6, 6.07) is 9.63. The Morgan fingerprint density at radius 1 is 0.879 bits per heavy atom. The van der Waals surface area contributed by atoms with Gasteiger partial charge in [0.05, 0.1) is 41.3 Å². The second kappa shape index (κ2) is 15.0. The highest BCUT2D eigenvalue weighted by Gasteiger charge is 2.45. The van der Waals surface area contributed by atoms with Crippen LogP contribution in [0.25, 0.3) is 5.65 Å². The third kappa shape index (κ3) is 6.84. The van der Waals surface area contributed by atoms with E-state index in [1.165, 1.54) is 10.7 Å². The summed E-state index contributed by atoms with van der Waals surface area (Å²) < 4.78 is 14.2. The Kier molecular flexibility index (Phi) is 9.66. The number of benzene rings is 2. The summed E-state index contributed by atoms with van der Waals surface area (Å²) in [6.07, 6.45) is 9.93. The van der Waals surface area contributed by atoms with Gasteiger partial charge in [-0.15, -0.1) is 0 Å². The normalized spacial score (nSPS) is 22.5. The first-order valence-corrected chi connectivity index (χ1v) is 20.0. The molecule has 4 aliphatic heterocycles. The number of carbonyl (C=O) groups excluding carboxylic acids is 6. The minimum atomic E-state index is -0.996. The van der Waals surface area contributed by atoms with Crippen LogP contribution in [0, 0.1) is 0 Å². The van der Waals surface area contributed by atoms with Gasteiger partial charge in [-0.05, 0) is 101 Å². The van der Waals surface area contributed by atoms with Gasteiger partial charge in [0.1, 0.15) is 17.4 Å². The van der Waals surface area contributed by atoms with Crippen molar-refractivity contribution in [2.45, 2.75) is 102 Å². The molecule has 2 N–H and O–H groups in total. The van der Waals surface area contributed by atoms with Gasteiger partial charge in [0.2, 0.25) is 11.8 Å². The van der Waals surface area contributed by atoms with Crippen molar-refractivity contribution in [2.75, 3.05) is 23.3 Å². The second-order valence-corrected chi connectivity index (χ2v) is 15.9. The average molecular weight is 789 g/mol. The quantitative estimate of drug-likeness (QED) is 0.233. The molecule has 2 aromatic heterocycles. The molecule has 16 heteroatoms. The maximum Gasteiger partial charge on any atom is 0.262 e. The number of carbonyl (C=O) groups is 6. The molecule has 0 bridgehead atoms. The van der Waals surface area contributed by atoms with Crippen LogP contribution >= 0.6 is 0 Å². The van der Waals surface area contributed by atoms with Crippen molar-refractivity contribution in [3.8, 4) is 5.75 Å². The third-order valence-electron chi connectivity index (χ3n) is 11.9. The van der Waals surface area contributed by atoms with Crippen LogP contribution in [0.15, 0.2) is 55.0 Å². The Morgan fingerprint density at radius 3 is 2.40 bits per heavy atom. The van der Waals surface area contributed by atoms with Crippen LogP contribution < -0.4 is 20.3 Å². The van der Waals surface area contributed by atoms with Crippen LogP contribution in [0.4, 0.5) is 11.4 Å². The summed E-state index contributed by atoms with van der Waals surface area (Å²) in [7, 11) is 0. The van der Waals surface area contributed by atoms with Crippen molar-refractivity contribution in [1.29, 1.82) is 0 Å². The highest BCUT2D eigenvalue weighted by atomic mass is 16.5. The number of nitrogens with zero attached hydrogens (tertiary/aromatic N) is 6. The smallest absolute Gasteiger partial charge is 0.262 e. The van der Waals surface area contributed by atoms with Gasteiger partial charge in [-0.25, -0.2) is 9.50 Å². The molecule has 2 aromatic carbocycles. The number of imide groups is 2. The molecule has 5 aliphatic rings. The van der Waals surface area contributed by atoms with E-state index in [1.807, 2.05) is 30.9 Å². The first-order chi connectivity index (χ1) is 28.0. The van der Waals surface area contributed by atoms with Crippen molar-refractivity contribution >= 4 is 52.5 Å². The lowest BCUT2D eigenvalue weighted by Crippen LogP contribution is -2.54. The standard InChI is InChI=1S/C42H44N8O8/c1-23(2)57-35-20-30-24(18-33(35)45-38(52)32-21-44-49-15-3-14-43-37(32)49)22-48(40(30)54)25-4-7-27(8-5-25)58-28-12-16-47(17-13-28)26-6-9-29-31(19-26)42(56)50(41(29)55)34-10-11-36(51)46-39(34)53/h3,6,9,14-15,18-21,23,25,27-28,34H,4-5,7-8,10-13,16-17,22H2,1-2H3,(H,45,52)(H,46,51,53). The summed E-state index contributed by atoms with van der Waals surface area (Å²) in [6.45, 7) is 5.69. The van der Waals surface area contributed by atoms with E-state index < -0.39 is 29.7 Å². The first kappa shape index (κ1) is 37.4. The van der Waals surface area contributed by atoms with Gasteiger partial charge in [-0.1, -0.05) is 0 Å². The number of hydrogen-bond donors (Lipinski definition) is 2. The van der Waals surface area contributed by atoms with Gasteiger partial charge >= 0.3 is 0 Å². The Hall–Kier alpha value is -6.16. The molecule has 58 heavy (non-hydrogen) atoms. The second-order valence-electron chi connectivity index (χ2n) is 15.9. The molecule has 2 saturated heterocycles. The lowest BCUT2D eigenvalue weighted by Gasteiger charge is -2.38. The lowest BCUT2D eigenvalue weighted by atomic mass is 9.91. The van der Waals surface area contributed by atoms with Crippen LogP contribution in [-0.2, 0) is 20.9 Å². The number of fused-ring (bicyclic) bond motifs is 3. The minimum absolute atomic E-state index is 0.0358. The van der Waals surface area contributed by atoms with Gasteiger partial charge in [0.15, 0.2) is 5.65 Å². The number of hydrogen-bond acceptors (Lipinski definition) is 11. The Bertz CT molecular complexity index is 2360. The van der Waals surface area contributed by atoms with E-state index in [4.69, 9.17) is 9.47 Å². The number of amides is 6. The number of piperidine rings is 2. The fourth-order valence-corrected chi connectivity index (χ4v) is 8.96. The predicted molar refractivity (Wildman–Crippen MR) is 208 cm³/mol. The van der Waals surface area contributed by atoms with E-state index in [1.54, 1.807) is 36.7 Å². The predicted octanol–water partition coefficient (Wildman–Crippen LogP) is 4.12. The number of nitrogens with one attached hydrogen (secondary N) is 2. The Labute approximate surface area is 333 Å². The van der Waals surface area contributed by atoms with Crippen molar-refractivity contribution in [3.63, 3.8) is 0 Å². The maximum atomic E-state index is 13.8. The summed E-state index contributed by atoms with van der Waals surface area (Å²) in [5.74, 6) is -2.03. The molecule has 1 atom stereocenters. The van der Waals surface area contributed by atoms with E-state index in [9.17, 15) is 28.8 Å². The molecule has 1 unspecified atom stereocenters. The lowest BCUT2D eigenvalue weighted by molar-refractivity contribution is -0.136. The molecular weight excluding hydrogens is 745 g/mol. The van der Waals surface area contributed by atoms with Gasteiger partial charge in [-0.2, -0.15) is 5.10 Å². The van der Waals surface area contributed by atoms with Gasteiger partial charge in [0, 0.05) is 55.7 Å². The number of rotatable bonds is 9. The molecule has 0 radical (unpaired) electrons. The molecule has 4 aromatic rings. The summed E-state index contributed by atoms with van der Waals surface area (Å²) in [4.78, 5) is 87.2. The zero-order valence-electron chi connectivity index (χ0n) is 32.3. The van der Waals surface area contributed by atoms with Gasteiger partial charge < -0.3 is 24.6 Å². The fourth-order valence-electron chi connectivity index (χ4n) is 8.96. The summed E-state index contributed by atoms with van der Waals surface area (Å²) >= 11 is 0. The van der Waals surface area contributed by atoms with E-state index in [-0.39, 0.29) is 60.1 Å². The molecule has 300 valence electrons. The van der Waals surface area contributed by atoms with E-state index in [0.717, 1.165) is 67.8 Å². The molecule has 16 nitrogen and oxygen atoms in total. The van der Waals surface area contributed by atoms with Crippen molar-refractivity contribution in [1.82, 2.24) is 29.7 Å². The monoisotopic (exact) mass is 788 g/mol. The van der Waals surface area contributed by atoms with Crippen molar-refractivity contribution in [3.05, 3.63) is 82.8 Å². The largest absolute Gasteiger partial charge is 0.489 e. The average Bonchev–Trinajstić information content (AvgIpc) is 3.86. The Balaban J connectivity index is 0.785. The van der Waals surface area contributed by atoms with E-state index in [2.05, 4.69) is 25.6 Å². The molecule has 6 amide bonds. The van der Waals surface area contributed by atoms with Crippen LogP contribution in [-0.4, -0.2) is 103 Å². The molecule has 3 fully saturated rings. The molecule has 9 rings (SSSR count). The van der Waals surface area contributed by atoms with Crippen LogP contribution in [0.2, 0.25) is 0 Å². The topological polar surface area (TPSA) is 185 Å². The van der Waals surface area contributed by atoms with Gasteiger partial charge in [0.25, 0.3) is 23.6 Å². The minimum Gasteiger partial charge on any atom is -0.489 e. The van der Waals surface area contributed by atoms with Crippen molar-refractivity contribution in [2.24, 2.45) is 0 Å². The summed E-state index contributed by atoms with van der Waals surface area (Å²) in [5, 5.41) is 9.44. The first-order valence-electron chi connectivity index (χ1n) is 20.0. The summed E-state index contributed by atoms with van der Waals surface area (Å²) in [5.41, 5.74) is 4.06. The number of anilines is 2. The molecule has 1 saturated carbocycles. The molecule has 6 heterocycles.